The molecule has 2 rings (SSSR count). The Morgan fingerprint density at radius 1 is 1.17 bits per heavy atom. The summed E-state index contributed by atoms with van der Waals surface area (Å²) < 4.78 is 0. The SMILES string of the molecule is CCC[C@H](C(=O)Nc1cccc([N+](=O)[O-])c1C)c1ccccc1. The Balaban J connectivity index is 2.26. The predicted molar refractivity (Wildman–Crippen MR) is 90.6 cm³/mol. The first-order chi connectivity index (χ1) is 11.0. The molecular formula is C18H20N2O3. The topological polar surface area (TPSA) is 72.2 Å². The Morgan fingerprint density at radius 2 is 1.87 bits per heavy atom. The minimum Gasteiger partial charge on any atom is -0.325 e. The summed E-state index contributed by atoms with van der Waals surface area (Å²) >= 11 is 0. The van der Waals surface area contributed by atoms with E-state index in [4.69, 9.17) is 0 Å². The Hall–Kier alpha value is -2.69. The van der Waals surface area contributed by atoms with Crippen LogP contribution in [-0.4, -0.2) is 10.8 Å². The lowest BCUT2D eigenvalue weighted by Gasteiger charge is -2.17. The number of carbonyl (C=O) groups is 1. The van der Waals surface area contributed by atoms with Crippen LogP contribution in [0.25, 0.3) is 0 Å². The van der Waals surface area contributed by atoms with E-state index in [2.05, 4.69) is 5.32 Å². The molecule has 0 aliphatic carbocycles. The highest BCUT2D eigenvalue weighted by molar-refractivity contribution is 5.96. The molecule has 0 bridgehead atoms. The summed E-state index contributed by atoms with van der Waals surface area (Å²) in [5, 5.41) is 13.9. The molecular weight excluding hydrogens is 292 g/mol. The molecule has 2 aromatic carbocycles. The van der Waals surface area contributed by atoms with E-state index in [1.807, 2.05) is 37.3 Å². The summed E-state index contributed by atoms with van der Waals surface area (Å²) in [5.74, 6) is -0.401. The van der Waals surface area contributed by atoms with Gasteiger partial charge in [0, 0.05) is 6.07 Å². The molecule has 0 fully saturated rings. The van der Waals surface area contributed by atoms with Gasteiger partial charge in [-0.2, -0.15) is 0 Å². The van der Waals surface area contributed by atoms with Crippen LogP contribution in [0.1, 0.15) is 36.8 Å². The third kappa shape index (κ3) is 3.94. The number of anilines is 1. The number of carbonyl (C=O) groups excluding carboxylic acids is 1. The summed E-state index contributed by atoms with van der Waals surface area (Å²) in [7, 11) is 0. The molecule has 23 heavy (non-hydrogen) atoms. The summed E-state index contributed by atoms with van der Waals surface area (Å²) in [6, 6.07) is 14.3. The molecule has 5 heteroatoms. The minimum absolute atomic E-state index is 0.00885. The molecule has 5 nitrogen and oxygen atoms in total. The lowest BCUT2D eigenvalue weighted by molar-refractivity contribution is -0.385. The van der Waals surface area contributed by atoms with Crippen molar-refractivity contribution in [2.75, 3.05) is 5.32 Å². The second-order valence-corrected chi connectivity index (χ2v) is 5.45. The second-order valence-electron chi connectivity index (χ2n) is 5.45. The summed E-state index contributed by atoms with van der Waals surface area (Å²) in [5.41, 5.74) is 1.92. The van der Waals surface area contributed by atoms with Crippen LogP contribution in [0.3, 0.4) is 0 Å². The smallest absolute Gasteiger partial charge is 0.274 e. The van der Waals surface area contributed by atoms with Crippen molar-refractivity contribution < 1.29 is 9.72 Å². The molecule has 0 saturated carbocycles. The van der Waals surface area contributed by atoms with E-state index < -0.39 is 4.92 Å². The summed E-state index contributed by atoms with van der Waals surface area (Å²) in [4.78, 5) is 23.2. The molecule has 1 amide bonds. The second kappa shape index (κ2) is 7.54. The van der Waals surface area contributed by atoms with Gasteiger partial charge in [-0.05, 0) is 25.0 Å². The molecule has 0 radical (unpaired) electrons. The lowest BCUT2D eigenvalue weighted by Crippen LogP contribution is -2.21. The van der Waals surface area contributed by atoms with E-state index in [0.717, 1.165) is 18.4 Å². The molecule has 0 saturated heterocycles. The number of rotatable bonds is 6. The van der Waals surface area contributed by atoms with Gasteiger partial charge in [-0.1, -0.05) is 49.7 Å². The molecule has 0 unspecified atom stereocenters. The monoisotopic (exact) mass is 312 g/mol. The highest BCUT2D eigenvalue weighted by Crippen LogP contribution is 2.28. The third-order valence-corrected chi connectivity index (χ3v) is 3.86. The standard InChI is InChI=1S/C18H20N2O3/c1-3-8-15(14-9-5-4-6-10-14)18(21)19-16-11-7-12-17(13(16)2)20(22)23/h4-7,9-12,15H,3,8H2,1-2H3,(H,19,21)/t15-/m0/s1. The zero-order chi connectivity index (χ0) is 16.8. The first-order valence-corrected chi connectivity index (χ1v) is 7.64. The van der Waals surface area contributed by atoms with Gasteiger partial charge in [0.05, 0.1) is 22.1 Å². The quantitative estimate of drug-likeness (QED) is 0.633. The highest BCUT2D eigenvalue weighted by Gasteiger charge is 2.21. The lowest BCUT2D eigenvalue weighted by atomic mass is 9.93. The van der Waals surface area contributed by atoms with Crippen LogP contribution in [0.4, 0.5) is 11.4 Å². The molecule has 2 aromatic rings. The van der Waals surface area contributed by atoms with E-state index in [-0.39, 0.29) is 17.5 Å². The predicted octanol–water partition coefficient (Wildman–Crippen LogP) is 4.43. The number of benzene rings is 2. The van der Waals surface area contributed by atoms with Crippen molar-refractivity contribution in [3.8, 4) is 0 Å². The zero-order valence-corrected chi connectivity index (χ0v) is 13.3. The first kappa shape index (κ1) is 16.7. The maximum absolute atomic E-state index is 12.7. The van der Waals surface area contributed by atoms with E-state index in [0.29, 0.717) is 11.3 Å². The minimum atomic E-state index is -0.439. The Kier molecular flexibility index (Phi) is 5.46. The maximum atomic E-state index is 12.7. The van der Waals surface area contributed by atoms with Crippen molar-refractivity contribution in [2.24, 2.45) is 0 Å². The molecule has 120 valence electrons. The van der Waals surface area contributed by atoms with Crippen LogP contribution >= 0.6 is 0 Å². The van der Waals surface area contributed by atoms with Crippen molar-refractivity contribution in [3.05, 3.63) is 69.8 Å². The van der Waals surface area contributed by atoms with Crippen LogP contribution in [-0.2, 0) is 4.79 Å². The molecule has 0 aromatic heterocycles. The number of nitrogens with one attached hydrogen (secondary N) is 1. The van der Waals surface area contributed by atoms with Gasteiger partial charge in [-0.25, -0.2) is 0 Å². The summed E-state index contributed by atoms with van der Waals surface area (Å²) in [6.45, 7) is 3.67. The van der Waals surface area contributed by atoms with E-state index >= 15 is 0 Å². The van der Waals surface area contributed by atoms with E-state index in [1.165, 1.54) is 6.07 Å². The van der Waals surface area contributed by atoms with Gasteiger partial charge < -0.3 is 5.32 Å². The van der Waals surface area contributed by atoms with E-state index in [1.54, 1.807) is 19.1 Å². The van der Waals surface area contributed by atoms with Crippen LogP contribution < -0.4 is 5.32 Å². The fourth-order valence-corrected chi connectivity index (χ4v) is 2.60. The van der Waals surface area contributed by atoms with Crippen LogP contribution in [0.2, 0.25) is 0 Å². The molecule has 0 heterocycles. The van der Waals surface area contributed by atoms with Crippen molar-refractivity contribution in [2.45, 2.75) is 32.6 Å². The normalized spacial score (nSPS) is 11.7. The summed E-state index contributed by atoms with van der Waals surface area (Å²) in [6.07, 6.45) is 1.60. The Morgan fingerprint density at radius 3 is 2.48 bits per heavy atom. The molecule has 1 N–H and O–H groups in total. The fourth-order valence-electron chi connectivity index (χ4n) is 2.60. The Labute approximate surface area is 135 Å². The van der Waals surface area contributed by atoms with Gasteiger partial charge in [0.2, 0.25) is 5.91 Å². The van der Waals surface area contributed by atoms with Gasteiger partial charge in [0.25, 0.3) is 5.69 Å². The van der Waals surface area contributed by atoms with Gasteiger partial charge >= 0.3 is 0 Å². The van der Waals surface area contributed by atoms with Crippen molar-refractivity contribution >= 4 is 17.3 Å². The highest BCUT2D eigenvalue weighted by atomic mass is 16.6. The Bertz CT molecular complexity index is 699. The van der Waals surface area contributed by atoms with Gasteiger partial charge in [0.1, 0.15) is 0 Å². The van der Waals surface area contributed by atoms with Crippen molar-refractivity contribution in [3.63, 3.8) is 0 Å². The van der Waals surface area contributed by atoms with E-state index in [9.17, 15) is 14.9 Å². The van der Waals surface area contributed by atoms with Gasteiger partial charge in [-0.3, -0.25) is 14.9 Å². The van der Waals surface area contributed by atoms with Gasteiger partial charge in [-0.15, -0.1) is 0 Å². The largest absolute Gasteiger partial charge is 0.325 e. The average molecular weight is 312 g/mol. The van der Waals surface area contributed by atoms with Crippen molar-refractivity contribution in [1.82, 2.24) is 0 Å². The molecule has 0 aliphatic rings. The number of amides is 1. The number of hydrogen-bond acceptors (Lipinski definition) is 3. The third-order valence-electron chi connectivity index (χ3n) is 3.86. The van der Waals surface area contributed by atoms with Gasteiger partial charge in [0.15, 0.2) is 0 Å². The first-order valence-electron chi connectivity index (χ1n) is 7.64. The fraction of sp³-hybridized carbons (Fsp3) is 0.278. The van der Waals surface area contributed by atoms with Crippen LogP contribution in [0, 0.1) is 17.0 Å². The van der Waals surface area contributed by atoms with Crippen molar-refractivity contribution in [1.29, 1.82) is 0 Å². The molecule has 0 aliphatic heterocycles. The number of nitrogens with zero attached hydrogens (tertiary/aromatic N) is 1. The molecule has 0 spiro atoms. The molecule has 1 atom stereocenters. The average Bonchev–Trinajstić information content (AvgIpc) is 2.55. The van der Waals surface area contributed by atoms with Crippen LogP contribution in [0.15, 0.2) is 48.5 Å². The number of nitro benzene ring substituents is 1. The zero-order valence-electron chi connectivity index (χ0n) is 13.3. The van der Waals surface area contributed by atoms with Crippen LogP contribution in [0.5, 0.6) is 0 Å². The maximum Gasteiger partial charge on any atom is 0.274 e. The number of nitro groups is 1. The number of hydrogen-bond donors (Lipinski definition) is 1.